The van der Waals surface area contributed by atoms with Crippen LogP contribution in [0.25, 0.3) is 6.08 Å². The van der Waals surface area contributed by atoms with Crippen molar-refractivity contribution in [3.8, 4) is 0 Å². The van der Waals surface area contributed by atoms with Gasteiger partial charge >= 0.3 is 6.18 Å². The monoisotopic (exact) mass is 363 g/mol. The van der Waals surface area contributed by atoms with E-state index in [2.05, 4.69) is 11.9 Å². The van der Waals surface area contributed by atoms with Gasteiger partial charge in [0.2, 0.25) is 0 Å². The van der Waals surface area contributed by atoms with Crippen molar-refractivity contribution in [1.82, 2.24) is 4.98 Å². The lowest BCUT2D eigenvalue weighted by Gasteiger charge is -2.06. The second kappa shape index (κ2) is 14.7. The molecule has 1 aromatic rings. The Morgan fingerprint density at radius 1 is 1.24 bits per heavy atom. The second-order valence-corrected chi connectivity index (χ2v) is 4.85. The maximum atomic E-state index is 10.8. The first kappa shape index (κ1) is 25.6. The van der Waals surface area contributed by atoms with Gasteiger partial charge in [-0.1, -0.05) is 54.0 Å². The van der Waals surface area contributed by atoms with Crippen molar-refractivity contribution in [3.05, 3.63) is 23.4 Å². The molecule has 1 aliphatic carbocycles. The predicted octanol–water partition coefficient (Wildman–Crippen LogP) is 6.41. The van der Waals surface area contributed by atoms with Gasteiger partial charge in [-0.05, 0) is 12.5 Å². The zero-order chi connectivity index (χ0) is 19.9. The van der Waals surface area contributed by atoms with Crippen molar-refractivity contribution in [3.63, 3.8) is 0 Å². The summed E-state index contributed by atoms with van der Waals surface area (Å²) >= 11 is 0. The summed E-state index contributed by atoms with van der Waals surface area (Å²) in [7, 11) is 0. The Kier molecular flexibility index (Phi) is 15.1. The number of allylic oxidation sites excluding steroid dienone is 1. The summed E-state index contributed by atoms with van der Waals surface area (Å²) < 4.78 is 38.0. The summed E-state index contributed by atoms with van der Waals surface area (Å²) in [5, 5.41) is 0. The second-order valence-electron chi connectivity index (χ2n) is 4.85. The number of oxazole rings is 1. The molecule has 0 aliphatic heterocycles. The molecule has 0 saturated heterocycles. The van der Waals surface area contributed by atoms with Gasteiger partial charge in [-0.25, -0.2) is 4.98 Å². The molecule has 0 fully saturated rings. The van der Waals surface area contributed by atoms with Crippen LogP contribution in [-0.2, 0) is 17.6 Å². The Labute approximate surface area is 149 Å². The molecule has 25 heavy (non-hydrogen) atoms. The number of aromatic nitrogens is 1. The minimum absolute atomic E-state index is 0.0375. The van der Waals surface area contributed by atoms with E-state index >= 15 is 0 Å². The van der Waals surface area contributed by atoms with Crippen molar-refractivity contribution < 1.29 is 22.4 Å². The fourth-order valence-corrected chi connectivity index (χ4v) is 1.72. The van der Waals surface area contributed by atoms with Crippen LogP contribution < -0.4 is 0 Å². The molecule has 0 aromatic carbocycles. The lowest BCUT2D eigenvalue weighted by Crippen LogP contribution is -2.06. The van der Waals surface area contributed by atoms with Crippen molar-refractivity contribution in [1.29, 1.82) is 0 Å². The highest BCUT2D eigenvalue weighted by Crippen LogP contribution is 2.23. The summed E-state index contributed by atoms with van der Waals surface area (Å²) in [5.41, 5.74) is 0.902. The maximum absolute atomic E-state index is 10.8. The number of nitrogens with zero attached hydrogens (tertiary/aromatic N) is 1. The molecule has 1 atom stereocenters. The van der Waals surface area contributed by atoms with Crippen LogP contribution in [0.1, 0.15) is 78.1 Å². The van der Waals surface area contributed by atoms with Crippen LogP contribution >= 0.6 is 0 Å². The summed E-state index contributed by atoms with van der Waals surface area (Å²) in [4.78, 5) is 15.0. The Hall–Kier alpha value is -1.59. The molecule has 0 radical (unpaired) electrons. The van der Waals surface area contributed by atoms with E-state index in [1.807, 2.05) is 39.8 Å². The lowest BCUT2D eigenvalue weighted by atomic mass is 9.99. The van der Waals surface area contributed by atoms with Gasteiger partial charge in [0.1, 0.15) is 17.7 Å². The van der Waals surface area contributed by atoms with Crippen LogP contribution in [0.2, 0.25) is 0 Å². The summed E-state index contributed by atoms with van der Waals surface area (Å²) in [5.74, 6) is 1.63. The van der Waals surface area contributed by atoms with Gasteiger partial charge in [-0.2, -0.15) is 13.2 Å². The highest BCUT2D eigenvalue weighted by atomic mass is 19.4. The molecule has 1 aliphatic rings. The topological polar surface area (TPSA) is 43.1 Å². The van der Waals surface area contributed by atoms with Crippen molar-refractivity contribution in [2.45, 2.75) is 79.8 Å². The van der Waals surface area contributed by atoms with Crippen LogP contribution in [0.5, 0.6) is 0 Å². The van der Waals surface area contributed by atoms with Gasteiger partial charge in [0, 0.05) is 25.2 Å². The first-order valence-corrected chi connectivity index (χ1v) is 9.08. The molecule has 1 aromatic heterocycles. The zero-order valence-electron chi connectivity index (χ0n) is 16.2. The molecule has 0 saturated carbocycles. The average Bonchev–Trinajstić information content (AvgIpc) is 3.05. The highest BCUT2D eigenvalue weighted by Gasteiger charge is 2.22. The molecule has 6 heteroatoms. The zero-order valence-corrected chi connectivity index (χ0v) is 16.2. The van der Waals surface area contributed by atoms with Crippen LogP contribution in [0, 0.1) is 5.92 Å². The van der Waals surface area contributed by atoms with Crippen LogP contribution in [0.15, 0.2) is 10.5 Å². The molecular weight excluding hydrogens is 331 g/mol. The van der Waals surface area contributed by atoms with Crippen molar-refractivity contribution in [2.24, 2.45) is 5.92 Å². The normalized spacial score (nSPS) is 14.7. The van der Waals surface area contributed by atoms with Crippen LogP contribution in [0.4, 0.5) is 13.2 Å². The molecule has 1 heterocycles. The Balaban J connectivity index is 0. The highest BCUT2D eigenvalue weighted by molar-refractivity contribution is 5.64. The number of hydrogen-bond acceptors (Lipinski definition) is 3. The lowest BCUT2D eigenvalue weighted by molar-refractivity contribution is -0.130. The van der Waals surface area contributed by atoms with Gasteiger partial charge in [-0.15, -0.1) is 0 Å². The smallest absolute Gasteiger partial charge is 0.388 e. The minimum atomic E-state index is -3.96. The number of halogens is 3. The molecule has 1 unspecified atom stereocenters. The molecular formula is C19H32F3NO2. The Bertz CT molecular complexity index is 480. The first-order valence-electron chi connectivity index (χ1n) is 9.08. The third-order valence-corrected chi connectivity index (χ3v) is 3.01. The van der Waals surface area contributed by atoms with Crippen molar-refractivity contribution >= 4 is 12.4 Å². The first-order chi connectivity index (χ1) is 11.9. The third kappa shape index (κ3) is 11.6. The third-order valence-electron chi connectivity index (χ3n) is 3.01. The van der Waals surface area contributed by atoms with Crippen molar-refractivity contribution in [2.75, 3.05) is 0 Å². The fraction of sp³-hybridized carbons (Fsp3) is 0.684. The van der Waals surface area contributed by atoms with E-state index in [9.17, 15) is 18.0 Å². The van der Waals surface area contributed by atoms with E-state index in [0.717, 1.165) is 49.8 Å². The summed E-state index contributed by atoms with van der Waals surface area (Å²) in [6.45, 7) is 11.2. The van der Waals surface area contributed by atoms with E-state index in [0.29, 0.717) is 6.42 Å². The summed E-state index contributed by atoms with van der Waals surface area (Å²) in [6, 6.07) is 0. The SMILES string of the molecule is CC.CC.CCC(F)(F)F.CCCCc1nc2c(o1)CC(C=O)C=C2. The van der Waals surface area contributed by atoms with Gasteiger partial charge in [0.25, 0.3) is 0 Å². The number of alkyl halides is 3. The summed E-state index contributed by atoms with van der Waals surface area (Å²) in [6.07, 6.45) is 3.83. The standard InChI is InChI=1S/C12H15NO2.C3H5F3.2C2H6/c1-2-3-4-12-13-10-6-5-9(8-14)7-11(10)15-12;1-2-3(4,5)6;2*1-2/h5-6,8-9H,2-4,7H2,1H3;2H2,1H3;2*1-2H3. The van der Waals surface area contributed by atoms with E-state index in [1.54, 1.807) is 0 Å². The predicted molar refractivity (Wildman–Crippen MR) is 96.4 cm³/mol. The largest absolute Gasteiger partial charge is 0.445 e. The number of aldehydes is 1. The van der Waals surface area contributed by atoms with Gasteiger partial charge < -0.3 is 9.21 Å². The van der Waals surface area contributed by atoms with E-state index < -0.39 is 12.6 Å². The molecule has 3 nitrogen and oxygen atoms in total. The van der Waals surface area contributed by atoms with E-state index in [1.165, 1.54) is 0 Å². The average molecular weight is 363 g/mol. The van der Waals surface area contributed by atoms with E-state index in [-0.39, 0.29) is 5.92 Å². The number of rotatable bonds is 4. The molecule has 0 amide bonds. The molecule has 0 spiro atoms. The molecule has 146 valence electrons. The van der Waals surface area contributed by atoms with E-state index in [4.69, 9.17) is 4.42 Å². The number of fused-ring (bicyclic) bond motifs is 1. The fourth-order valence-electron chi connectivity index (χ4n) is 1.72. The number of carbonyl (C=O) groups excluding carboxylic acids is 1. The maximum Gasteiger partial charge on any atom is 0.388 e. The Morgan fingerprint density at radius 3 is 2.24 bits per heavy atom. The molecule has 0 N–H and O–H groups in total. The number of aryl methyl sites for hydroxylation is 1. The number of unbranched alkanes of at least 4 members (excludes halogenated alkanes) is 1. The van der Waals surface area contributed by atoms with Gasteiger partial charge in [-0.3, -0.25) is 0 Å². The number of carbonyl (C=O) groups is 1. The van der Waals surface area contributed by atoms with Crippen LogP contribution in [-0.4, -0.2) is 17.4 Å². The van der Waals surface area contributed by atoms with Gasteiger partial charge in [0.05, 0.1) is 0 Å². The number of hydrogen-bond donors (Lipinski definition) is 0. The quantitative estimate of drug-likeness (QED) is 0.580. The molecule has 0 bridgehead atoms. The Morgan fingerprint density at radius 2 is 1.80 bits per heavy atom. The van der Waals surface area contributed by atoms with Gasteiger partial charge in [0.15, 0.2) is 5.89 Å². The van der Waals surface area contributed by atoms with Crippen LogP contribution in [0.3, 0.4) is 0 Å². The minimum Gasteiger partial charge on any atom is -0.445 e. The molecule has 2 rings (SSSR count).